The number of nitrogens with two attached hydrogens (primary N) is 1. The van der Waals surface area contributed by atoms with Crippen LogP contribution in [0.15, 0.2) is 95.4 Å². The van der Waals surface area contributed by atoms with Crippen LogP contribution in [0.25, 0.3) is 17.2 Å². The Balaban J connectivity index is 0.00000354. The highest BCUT2D eigenvalue weighted by Gasteiger charge is 2.28. The third kappa shape index (κ3) is 12.0. The molecule has 5 rings (SSSR count). The van der Waals surface area contributed by atoms with Gasteiger partial charge in [-0.1, -0.05) is 42.5 Å². The van der Waals surface area contributed by atoms with Crippen LogP contribution in [0.1, 0.15) is 52.4 Å². The fourth-order valence-electron chi connectivity index (χ4n) is 5.50. The second-order valence-corrected chi connectivity index (χ2v) is 12.8. The van der Waals surface area contributed by atoms with Crippen molar-refractivity contribution >= 4 is 64.5 Å². The summed E-state index contributed by atoms with van der Waals surface area (Å²) in [5.41, 5.74) is 9.01. The number of nitrogens with zero attached hydrogens (tertiary/aromatic N) is 2. The van der Waals surface area contributed by atoms with Crippen LogP contribution in [0, 0.1) is 26.0 Å². The van der Waals surface area contributed by atoms with Gasteiger partial charge in [0.15, 0.2) is 0 Å². The molecule has 0 saturated heterocycles. The number of hydrogen-bond acceptors (Lipinski definition) is 15. The summed E-state index contributed by atoms with van der Waals surface area (Å²) in [4.78, 5) is 70.6. The van der Waals surface area contributed by atoms with Gasteiger partial charge in [0.05, 0.1) is 12.8 Å². The third-order valence-electron chi connectivity index (χ3n) is 8.05. The summed E-state index contributed by atoms with van der Waals surface area (Å²) < 4.78 is 30.9. The van der Waals surface area contributed by atoms with Crippen LogP contribution in [0.2, 0.25) is 0 Å². The molecule has 2 N–H and O–H groups in total. The lowest BCUT2D eigenvalue weighted by atomic mass is 10.0. The van der Waals surface area contributed by atoms with E-state index in [1.165, 1.54) is 42.7 Å². The fourth-order valence-corrected chi connectivity index (χ4v) is 6.07. The minimum absolute atomic E-state index is 0.0836. The summed E-state index contributed by atoms with van der Waals surface area (Å²) >= 11 is 6.51. The SMILES string of the molecule is CN.CSc1ccc(/C=C2/C(C)=C(CC(=O)Oc3ccc(OC(=O)CC(CO[N+](=O)[O-])O[N+](=O)[O-])c(C(=O)Oc4ccc(C=S)cc4)c3)c3cc(F)ccc32)cc1. The van der Waals surface area contributed by atoms with Crippen LogP contribution < -0.4 is 19.9 Å². The van der Waals surface area contributed by atoms with E-state index in [4.69, 9.17) is 26.4 Å². The molecule has 0 saturated carbocycles. The van der Waals surface area contributed by atoms with E-state index in [1.807, 2.05) is 43.5 Å². The summed E-state index contributed by atoms with van der Waals surface area (Å²) in [6.45, 7) is 0.851. The van der Waals surface area contributed by atoms with Gasteiger partial charge in [-0.05, 0) is 120 Å². The maximum absolute atomic E-state index is 14.5. The Kier molecular flexibility index (Phi) is 15.5. The molecule has 0 radical (unpaired) electrons. The number of esters is 3. The molecule has 0 bridgehead atoms. The van der Waals surface area contributed by atoms with E-state index in [0.29, 0.717) is 16.7 Å². The summed E-state index contributed by atoms with van der Waals surface area (Å²) in [7, 11) is 1.50. The first-order chi connectivity index (χ1) is 27.3. The maximum Gasteiger partial charge on any atom is 0.347 e. The second-order valence-electron chi connectivity index (χ2n) is 11.7. The Hall–Kier alpha value is -6.50. The Morgan fingerprint density at radius 3 is 2.14 bits per heavy atom. The van der Waals surface area contributed by atoms with Gasteiger partial charge in [-0.3, -0.25) is 9.59 Å². The Bertz CT molecular complexity index is 2230. The lowest BCUT2D eigenvalue weighted by Crippen LogP contribution is -2.29. The number of carbonyl (C=O) groups excluding carboxylic acids is 3. The lowest BCUT2D eigenvalue weighted by Gasteiger charge is -2.15. The predicted octanol–water partition coefficient (Wildman–Crippen LogP) is 7.09. The Morgan fingerprint density at radius 2 is 1.51 bits per heavy atom. The number of rotatable bonds is 16. The van der Waals surface area contributed by atoms with Crippen molar-refractivity contribution in [3.05, 3.63) is 144 Å². The molecule has 1 aliphatic rings. The average molecular weight is 820 g/mol. The summed E-state index contributed by atoms with van der Waals surface area (Å²) in [5.74, 6) is -3.97. The van der Waals surface area contributed by atoms with Gasteiger partial charge in [-0.25, -0.2) is 9.18 Å². The molecule has 1 atom stereocenters. The molecular formula is C39H34FN3O12S2. The molecule has 1 unspecified atom stereocenters. The van der Waals surface area contributed by atoms with Gasteiger partial charge in [-0.15, -0.1) is 32.0 Å². The van der Waals surface area contributed by atoms with Crippen molar-refractivity contribution < 1.29 is 52.8 Å². The highest BCUT2D eigenvalue weighted by Crippen LogP contribution is 2.44. The molecule has 0 spiro atoms. The van der Waals surface area contributed by atoms with E-state index in [2.05, 4.69) is 15.4 Å². The molecule has 4 aromatic rings. The highest BCUT2D eigenvalue weighted by molar-refractivity contribution is 7.98. The van der Waals surface area contributed by atoms with Gasteiger partial charge in [-0.2, -0.15) is 0 Å². The quantitative estimate of drug-likeness (QED) is 0.0299. The molecule has 0 heterocycles. The van der Waals surface area contributed by atoms with Crippen LogP contribution >= 0.6 is 24.0 Å². The fraction of sp³-hybridized carbons (Fsp3) is 0.179. The van der Waals surface area contributed by atoms with Crippen LogP contribution in [-0.4, -0.2) is 59.5 Å². The average Bonchev–Trinajstić information content (AvgIpc) is 3.43. The predicted molar refractivity (Wildman–Crippen MR) is 211 cm³/mol. The highest BCUT2D eigenvalue weighted by atomic mass is 32.2. The molecule has 0 fully saturated rings. The molecule has 57 heavy (non-hydrogen) atoms. The molecule has 18 heteroatoms. The van der Waals surface area contributed by atoms with Gasteiger partial charge in [0, 0.05) is 10.3 Å². The minimum Gasteiger partial charge on any atom is -0.426 e. The summed E-state index contributed by atoms with van der Waals surface area (Å²) in [6.07, 6.45) is 1.03. The molecule has 4 aromatic carbocycles. The second kappa shape index (κ2) is 20.4. The van der Waals surface area contributed by atoms with Gasteiger partial charge < -0.3 is 29.6 Å². The smallest absolute Gasteiger partial charge is 0.347 e. The van der Waals surface area contributed by atoms with Crippen LogP contribution in [0.4, 0.5) is 4.39 Å². The number of allylic oxidation sites excluding steroid dienone is 2. The van der Waals surface area contributed by atoms with Crippen LogP contribution in [-0.2, 0) is 19.3 Å². The van der Waals surface area contributed by atoms with Crippen molar-refractivity contribution in [3.63, 3.8) is 0 Å². The number of carbonyl (C=O) groups is 3. The monoisotopic (exact) mass is 819 g/mol. The van der Waals surface area contributed by atoms with E-state index in [0.717, 1.165) is 39.3 Å². The molecule has 1 aliphatic carbocycles. The van der Waals surface area contributed by atoms with Crippen molar-refractivity contribution in [2.75, 3.05) is 19.9 Å². The zero-order chi connectivity index (χ0) is 41.6. The molecule has 0 amide bonds. The largest absolute Gasteiger partial charge is 0.426 e. The standard InChI is InChI=1S/C38H29FN2O12S2.CH5N/c1-22-31(15-23-5-11-29(55-2)12-6-23)30-13-7-25(39)16-33(30)32(22)19-37(43)50-27-10-14-35(52-36(42)18-28(53-41(47)48)20-49-40(45)46)34(17-27)38(44)51-26-8-3-24(21-54)4-9-26;1-2/h3-17,21,28H,18-20H2,1-2H3;2H2,1H3/b31-15-;. The van der Waals surface area contributed by atoms with Crippen molar-refractivity contribution in [1.29, 1.82) is 0 Å². The zero-order valence-electron chi connectivity index (χ0n) is 30.5. The van der Waals surface area contributed by atoms with Crippen molar-refractivity contribution in [2.45, 2.75) is 30.8 Å². The van der Waals surface area contributed by atoms with Crippen molar-refractivity contribution in [2.24, 2.45) is 5.73 Å². The molecular weight excluding hydrogens is 786 g/mol. The Morgan fingerprint density at radius 1 is 0.842 bits per heavy atom. The van der Waals surface area contributed by atoms with E-state index < -0.39 is 64.3 Å². The number of halogens is 1. The van der Waals surface area contributed by atoms with Crippen LogP contribution in [0.3, 0.4) is 0 Å². The Labute approximate surface area is 334 Å². The van der Waals surface area contributed by atoms with E-state index >= 15 is 0 Å². The topological polar surface area (TPSA) is 210 Å². The lowest BCUT2D eigenvalue weighted by molar-refractivity contribution is -0.789. The van der Waals surface area contributed by atoms with Gasteiger partial charge in [0.25, 0.3) is 10.2 Å². The van der Waals surface area contributed by atoms with Crippen LogP contribution in [0.5, 0.6) is 17.2 Å². The first-order valence-electron chi connectivity index (χ1n) is 16.7. The molecule has 0 aromatic heterocycles. The number of ether oxygens (including phenoxy) is 3. The first kappa shape index (κ1) is 43.2. The molecule has 296 valence electrons. The van der Waals surface area contributed by atoms with Crippen molar-refractivity contribution in [1.82, 2.24) is 0 Å². The summed E-state index contributed by atoms with van der Waals surface area (Å²) in [5, 5.41) is 20.4. The number of thiocarbonyl (C=S) groups is 1. The number of fused-ring (bicyclic) bond motifs is 1. The minimum atomic E-state index is -1.73. The summed E-state index contributed by atoms with van der Waals surface area (Å²) in [6, 6.07) is 21.8. The normalized spacial score (nSPS) is 12.7. The van der Waals surface area contributed by atoms with E-state index in [9.17, 15) is 39.0 Å². The van der Waals surface area contributed by atoms with E-state index in [1.54, 1.807) is 30.0 Å². The zero-order valence-corrected chi connectivity index (χ0v) is 32.1. The number of hydrogen-bond donors (Lipinski definition) is 1. The molecule has 0 aliphatic heterocycles. The maximum atomic E-state index is 14.5. The van der Waals surface area contributed by atoms with Crippen molar-refractivity contribution in [3.8, 4) is 17.2 Å². The van der Waals surface area contributed by atoms with E-state index in [-0.39, 0.29) is 17.9 Å². The third-order valence-corrected chi connectivity index (χ3v) is 9.07. The van der Waals surface area contributed by atoms with Gasteiger partial charge in [0.1, 0.15) is 41.3 Å². The first-order valence-corrected chi connectivity index (χ1v) is 18.4. The van der Waals surface area contributed by atoms with Gasteiger partial charge in [0.2, 0.25) is 0 Å². The van der Waals surface area contributed by atoms with Gasteiger partial charge >= 0.3 is 17.9 Å². The number of thioether (sulfide) groups is 1. The number of benzene rings is 4. The molecule has 15 nitrogen and oxygen atoms in total.